The van der Waals surface area contributed by atoms with E-state index in [0.29, 0.717) is 0 Å². The molecule has 0 amide bonds. The molecule has 0 unspecified atom stereocenters. The van der Waals surface area contributed by atoms with Crippen LogP contribution in [0.15, 0.2) is 36.9 Å². The quantitative estimate of drug-likeness (QED) is 0.651. The second-order valence-corrected chi connectivity index (χ2v) is 3.03. The Kier molecular flexibility index (Phi) is 4.19. The molecule has 2 rings (SSSR count). The summed E-state index contributed by atoms with van der Waals surface area (Å²) in [6, 6.07) is 5.70. The second-order valence-electron chi connectivity index (χ2n) is 3.03. The molecule has 0 saturated carbocycles. The van der Waals surface area contributed by atoms with Crippen LogP contribution in [0.5, 0.6) is 11.5 Å². The first-order valence-corrected chi connectivity index (χ1v) is 4.62. The maximum Gasteiger partial charge on any atom is 0.246 e. The number of benzene rings is 1. The van der Waals surface area contributed by atoms with Gasteiger partial charge in [0.2, 0.25) is 12.0 Å². The van der Waals surface area contributed by atoms with Crippen LogP contribution in [0.25, 0.3) is 5.69 Å². The fourth-order valence-electron chi connectivity index (χ4n) is 1.51. The van der Waals surface area contributed by atoms with Gasteiger partial charge in [-0.2, -0.15) is 4.57 Å². The molecular weight excluding hydrogens is 228 g/mol. The van der Waals surface area contributed by atoms with Crippen molar-refractivity contribution in [1.29, 1.82) is 0 Å². The molecule has 1 aromatic carbocycles. The van der Waals surface area contributed by atoms with Crippen molar-refractivity contribution in [2.45, 2.75) is 0 Å². The first-order valence-electron chi connectivity index (χ1n) is 4.62. The predicted octanol–water partition coefficient (Wildman–Crippen LogP) is -1.69. The van der Waals surface area contributed by atoms with Gasteiger partial charge in [0.25, 0.3) is 0 Å². The zero-order chi connectivity index (χ0) is 10.7. The average molecular weight is 241 g/mol. The number of imidazole rings is 1. The Bertz CT molecular complexity index is 421. The third-order valence-electron chi connectivity index (χ3n) is 2.20. The number of hydrogen-bond donors (Lipinski definition) is 1. The van der Waals surface area contributed by atoms with E-state index in [-0.39, 0.29) is 12.4 Å². The number of nitrogens with zero attached hydrogens (tertiary/aromatic N) is 1. The molecule has 0 aliphatic heterocycles. The zero-order valence-electron chi connectivity index (χ0n) is 9.11. The fraction of sp³-hybridized carbons (Fsp3) is 0.182. The standard InChI is InChI=1S/C11H12N2O2.ClH/c1-14-9-4-3-5-10(15-2)11(9)13-7-6-12-8-13;/h3-8H,1-2H3;1H. The number of hydrogen-bond acceptors (Lipinski definition) is 2. The van der Waals surface area contributed by atoms with Crippen LogP contribution in [0.1, 0.15) is 0 Å². The molecule has 0 saturated heterocycles. The topological polar surface area (TPSA) is 38.1 Å². The molecule has 0 aliphatic carbocycles. The van der Waals surface area contributed by atoms with Crippen molar-refractivity contribution in [3.05, 3.63) is 36.9 Å². The Labute approximate surface area is 100 Å². The van der Waals surface area contributed by atoms with E-state index in [2.05, 4.69) is 4.98 Å². The summed E-state index contributed by atoms with van der Waals surface area (Å²) in [6.45, 7) is 0. The molecule has 16 heavy (non-hydrogen) atoms. The summed E-state index contributed by atoms with van der Waals surface area (Å²) in [6.07, 6.45) is 5.58. The molecule has 0 bridgehead atoms. The molecule has 0 radical (unpaired) electrons. The molecule has 2 aromatic rings. The summed E-state index contributed by atoms with van der Waals surface area (Å²) in [5.41, 5.74) is 0.892. The van der Waals surface area contributed by atoms with Crippen LogP contribution in [-0.4, -0.2) is 19.2 Å². The largest absolute Gasteiger partial charge is 1.00 e. The highest BCUT2D eigenvalue weighted by Gasteiger charge is 2.15. The monoisotopic (exact) mass is 240 g/mol. The Morgan fingerprint density at radius 2 is 1.75 bits per heavy atom. The molecule has 0 fully saturated rings. The molecule has 0 atom stereocenters. The average Bonchev–Trinajstić information content (AvgIpc) is 2.81. The second kappa shape index (κ2) is 5.42. The molecule has 86 valence electrons. The van der Waals surface area contributed by atoms with Crippen molar-refractivity contribution >= 4 is 0 Å². The van der Waals surface area contributed by atoms with Crippen LogP contribution < -0.4 is 26.4 Å². The fourth-order valence-corrected chi connectivity index (χ4v) is 1.51. The first kappa shape index (κ1) is 12.4. The Balaban J connectivity index is 0.00000128. The van der Waals surface area contributed by atoms with Gasteiger partial charge in [0.15, 0.2) is 11.5 Å². The van der Waals surface area contributed by atoms with Gasteiger partial charge in [0.05, 0.1) is 14.2 Å². The molecule has 1 heterocycles. The van der Waals surface area contributed by atoms with E-state index in [9.17, 15) is 0 Å². The lowest BCUT2D eigenvalue weighted by Crippen LogP contribution is -3.00. The SMILES string of the molecule is COc1cccc(OC)c1-[n+]1cc[nH]c1.[Cl-]. The highest BCUT2D eigenvalue weighted by Crippen LogP contribution is 2.27. The summed E-state index contributed by atoms with van der Waals surface area (Å²) < 4.78 is 12.5. The van der Waals surface area contributed by atoms with Gasteiger partial charge in [0.1, 0.15) is 12.4 Å². The minimum absolute atomic E-state index is 0. The van der Waals surface area contributed by atoms with Gasteiger partial charge in [-0.1, -0.05) is 6.07 Å². The van der Waals surface area contributed by atoms with Gasteiger partial charge >= 0.3 is 0 Å². The van der Waals surface area contributed by atoms with Crippen LogP contribution in [0.4, 0.5) is 0 Å². The maximum atomic E-state index is 5.30. The number of methoxy groups -OCH3 is 2. The minimum Gasteiger partial charge on any atom is -1.00 e. The number of ether oxygens (including phenoxy) is 2. The van der Waals surface area contributed by atoms with Gasteiger partial charge < -0.3 is 21.9 Å². The van der Waals surface area contributed by atoms with Crippen molar-refractivity contribution in [2.75, 3.05) is 14.2 Å². The van der Waals surface area contributed by atoms with Crippen molar-refractivity contribution in [3.63, 3.8) is 0 Å². The predicted molar refractivity (Wildman–Crippen MR) is 55.4 cm³/mol. The minimum atomic E-state index is 0. The van der Waals surface area contributed by atoms with Crippen LogP contribution >= 0.6 is 0 Å². The number of aromatic amines is 1. The van der Waals surface area contributed by atoms with Gasteiger partial charge in [-0.25, -0.2) is 4.98 Å². The van der Waals surface area contributed by atoms with Crippen LogP contribution in [0.3, 0.4) is 0 Å². The number of aromatic nitrogens is 2. The van der Waals surface area contributed by atoms with E-state index in [0.717, 1.165) is 17.2 Å². The lowest BCUT2D eigenvalue weighted by Gasteiger charge is -2.08. The van der Waals surface area contributed by atoms with E-state index in [1.54, 1.807) is 14.2 Å². The number of para-hydroxylation sites is 1. The molecule has 5 heteroatoms. The normalized spacial score (nSPS) is 9.38. The van der Waals surface area contributed by atoms with E-state index < -0.39 is 0 Å². The molecular formula is C11H13ClN2O2. The van der Waals surface area contributed by atoms with E-state index in [4.69, 9.17) is 9.47 Å². The highest BCUT2D eigenvalue weighted by molar-refractivity contribution is 5.51. The first-order chi connectivity index (χ1) is 7.36. The van der Waals surface area contributed by atoms with E-state index in [1.807, 2.05) is 41.5 Å². The third-order valence-corrected chi connectivity index (χ3v) is 2.20. The number of halogens is 1. The Hall–Kier alpha value is -1.68. The molecule has 0 aliphatic rings. The van der Waals surface area contributed by atoms with E-state index >= 15 is 0 Å². The van der Waals surface area contributed by atoms with Gasteiger partial charge in [-0.15, -0.1) is 0 Å². The summed E-state index contributed by atoms with van der Waals surface area (Å²) in [5, 5.41) is 0. The van der Waals surface area contributed by atoms with Crippen LogP contribution in [0, 0.1) is 0 Å². The number of nitrogens with one attached hydrogen (secondary N) is 1. The molecule has 4 nitrogen and oxygen atoms in total. The van der Waals surface area contributed by atoms with Crippen molar-refractivity contribution in [3.8, 4) is 17.2 Å². The number of rotatable bonds is 3. The number of H-pyrrole nitrogens is 1. The van der Waals surface area contributed by atoms with Crippen molar-refractivity contribution in [2.24, 2.45) is 0 Å². The van der Waals surface area contributed by atoms with Gasteiger partial charge in [-0.3, -0.25) is 0 Å². The van der Waals surface area contributed by atoms with Crippen LogP contribution in [-0.2, 0) is 0 Å². The zero-order valence-corrected chi connectivity index (χ0v) is 9.86. The summed E-state index contributed by atoms with van der Waals surface area (Å²) >= 11 is 0. The highest BCUT2D eigenvalue weighted by atomic mass is 35.5. The van der Waals surface area contributed by atoms with Crippen molar-refractivity contribution < 1.29 is 26.4 Å². The summed E-state index contributed by atoms with van der Waals surface area (Å²) in [5.74, 6) is 1.55. The van der Waals surface area contributed by atoms with Gasteiger partial charge in [0, 0.05) is 0 Å². The maximum absolute atomic E-state index is 5.30. The third kappa shape index (κ3) is 2.12. The lowest BCUT2D eigenvalue weighted by atomic mass is 10.2. The lowest BCUT2D eigenvalue weighted by molar-refractivity contribution is -0.595. The van der Waals surface area contributed by atoms with Gasteiger partial charge in [-0.05, 0) is 12.1 Å². The molecule has 1 aromatic heterocycles. The Morgan fingerprint density at radius 1 is 1.12 bits per heavy atom. The Morgan fingerprint density at radius 3 is 2.19 bits per heavy atom. The summed E-state index contributed by atoms with van der Waals surface area (Å²) in [4.78, 5) is 2.98. The molecule has 1 N–H and O–H groups in total. The van der Waals surface area contributed by atoms with E-state index in [1.165, 1.54) is 0 Å². The van der Waals surface area contributed by atoms with Crippen LogP contribution in [0.2, 0.25) is 0 Å². The smallest absolute Gasteiger partial charge is 0.246 e. The van der Waals surface area contributed by atoms with Crippen molar-refractivity contribution in [1.82, 2.24) is 4.98 Å². The molecule has 0 spiro atoms. The summed E-state index contributed by atoms with van der Waals surface area (Å²) in [7, 11) is 3.29.